The number of aldehydes is 1. The summed E-state index contributed by atoms with van der Waals surface area (Å²) in [5, 5.41) is 2.72. The van der Waals surface area contributed by atoms with Gasteiger partial charge in [0.15, 0.2) is 0 Å². The molecule has 0 saturated carbocycles. The zero-order chi connectivity index (χ0) is 33.0. The summed E-state index contributed by atoms with van der Waals surface area (Å²) < 4.78 is 41.7. The second-order valence-electron chi connectivity index (χ2n) is 11.2. The monoisotopic (exact) mass is 633 g/mol. The number of amides is 2. The van der Waals surface area contributed by atoms with Gasteiger partial charge in [-0.25, -0.2) is 0 Å². The Hall–Kier alpha value is -5.57. The van der Waals surface area contributed by atoms with Gasteiger partial charge in [0, 0.05) is 24.7 Å². The third kappa shape index (κ3) is 6.29. The quantitative estimate of drug-likeness (QED) is 0.118. The predicted octanol–water partition coefficient (Wildman–Crippen LogP) is 8.13. The summed E-state index contributed by atoms with van der Waals surface area (Å²) in [7, 11) is 0. The maximum absolute atomic E-state index is 14.5. The molecule has 2 amide bonds. The fourth-order valence-electron chi connectivity index (χ4n) is 6.44. The number of hydrogen-bond donors (Lipinski definition) is 1. The SMILES string of the molecule is O=CCCCN(CC(F)(F)F)C(=O)C1c2ccccc2-c2ccc(-c3ccccc3-c3ccccc3)c(-c3ncccc3NC=O)c21. The molecule has 1 aliphatic carbocycles. The fourth-order valence-corrected chi connectivity index (χ4v) is 6.44. The van der Waals surface area contributed by atoms with E-state index < -0.39 is 24.5 Å². The lowest BCUT2D eigenvalue weighted by molar-refractivity contribution is -0.161. The van der Waals surface area contributed by atoms with Crippen LogP contribution in [0.1, 0.15) is 29.9 Å². The van der Waals surface area contributed by atoms with Crippen LogP contribution in [-0.4, -0.2) is 47.8 Å². The Bertz CT molecular complexity index is 1940. The van der Waals surface area contributed by atoms with E-state index in [-0.39, 0.29) is 19.4 Å². The van der Waals surface area contributed by atoms with E-state index in [2.05, 4.69) is 5.32 Å². The van der Waals surface area contributed by atoms with Crippen molar-refractivity contribution in [3.63, 3.8) is 0 Å². The minimum atomic E-state index is -4.65. The van der Waals surface area contributed by atoms with Crippen LogP contribution in [0.25, 0.3) is 44.6 Å². The Morgan fingerprint density at radius 1 is 0.787 bits per heavy atom. The molecule has 1 aliphatic rings. The molecule has 236 valence electrons. The largest absolute Gasteiger partial charge is 0.406 e. The maximum atomic E-state index is 14.5. The van der Waals surface area contributed by atoms with Gasteiger partial charge in [0.2, 0.25) is 12.3 Å². The number of pyridine rings is 1. The number of hydrogen-bond acceptors (Lipinski definition) is 4. The Labute approximate surface area is 269 Å². The van der Waals surface area contributed by atoms with Crippen LogP contribution in [0.15, 0.2) is 109 Å². The lowest BCUT2D eigenvalue weighted by atomic mass is 9.83. The number of anilines is 1. The van der Waals surface area contributed by atoms with Crippen LogP contribution in [-0.2, 0) is 14.4 Å². The molecule has 6 rings (SSSR count). The Morgan fingerprint density at radius 3 is 2.19 bits per heavy atom. The second kappa shape index (κ2) is 13.4. The van der Waals surface area contributed by atoms with E-state index in [0.717, 1.165) is 27.2 Å². The molecule has 0 fully saturated rings. The fraction of sp³-hybridized carbons (Fsp3) is 0.158. The average Bonchev–Trinajstić information content (AvgIpc) is 3.42. The maximum Gasteiger partial charge on any atom is 0.406 e. The van der Waals surface area contributed by atoms with Gasteiger partial charge in [0.05, 0.1) is 17.3 Å². The van der Waals surface area contributed by atoms with Crippen molar-refractivity contribution < 1.29 is 27.6 Å². The Kier molecular flexibility index (Phi) is 8.97. The number of aromatic nitrogens is 1. The van der Waals surface area contributed by atoms with Crippen molar-refractivity contribution >= 4 is 24.3 Å². The summed E-state index contributed by atoms with van der Waals surface area (Å²) in [6, 6.07) is 32.0. The summed E-state index contributed by atoms with van der Waals surface area (Å²) in [6.45, 7) is -1.69. The van der Waals surface area contributed by atoms with Gasteiger partial charge in [0.25, 0.3) is 0 Å². The molecule has 5 aromatic rings. The average molecular weight is 634 g/mol. The van der Waals surface area contributed by atoms with Crippen molar-refractivity contribution in [1.29, 1.82) is 0 Å². The van der Waals surface area contributed by atoms with Gasteiger partial charge in [-0.05, 0) is 63.1 Å². The first-order chi connectivity index (χ1) is 22.8. The molecule has 0 saturated heterocycles. The predicted molar refractivity (Wildman–Crippen MR) is 175 cm³/mol. The van der Waals surface area contributed by atoms with Crippen molar-refractivity contribution in [3.05, 3.63) is 120 Å². The van der Waals surface area contributed by atoms with E-state index in [4.69, 9.17) is 4.98 Å². The van der Waals surface area contributed by atoms with E-state index in [1.54, 1.807) is 30.5 Å². The highest BCUT2D eigenvalue weighted by Gasteiger charge is 2.42. The van der Waals surface area contributed by atoms with Crippen molar-refractivity contribution in [2.24, 2.45) is 0 Å². The topological polar surface area (TPSA) is 79.4 Å². The van der Waals surface area contributed by atoms with Gasteiger partial charge >= 0.3 is 6.18 Å². The standard InChI is InChI=1S/C38H30F3N3O3/c39-38(40,41)23-44(21-8-9-22-45)37(47)35-29-16-7-6-15-28(29)30-18-19-31(27-14-5-4-13-26(27)25-11-2-1-3-12-25)34(33(30)35)36-32(43-24-46)17-10-20-42-36/h1-7,10-20,22,24,35H,8-9,21,23H2,(H,43,46). The number of unbranched alkanes of at least 4 members (excludes halogenated alkanes) is 1. The molecule has 1 heterocycles. The number of halogens is 3. The number of carbonyl (C=O) groups is 3. The van der Waals surface area contributed by atoms with Gasteiger partial charge in [-0.3, -0.25) is 14.6 Å². The molecule has 1 unspecified atom stereocenters. The van der Waals surface area contributed by atoms with Crippen LogP contribution in [0, 0.1) is 0 Å². The normalized spacial score (nSPS) is 13.4. The highest BCUT2D eigenvalue weighted by Crippen LogP contribution is 2.53. The number of nitrogens with zero attached hydrogens (tertiary/aromatic N) is 2. The van der Waals surface area contributed by atoms with Crippen molar-refractivity contribution in [2.75, 3.05) is 18.4 Å². The van der Waals surface area contributed by atoms with Crippen LogP contribution in [0.2, 0.25) is 0 Å². The number of alkyl halides is 3. The minimum absolute atomic E-state index is 0.0276. The summed E-state index contributed by atoms with van der Waals surface area (Å²) in [5.41, 5.74) is 7.17. The highest BCUT2D eigenvalue weighted by atomic mass is 19.4. The molecular weight excluding hydrogens is 603 g/mol. The first-order valence-corrected chi connectivity index (χ1v) is 15.2. The molecule has 6 nitrogen and oxygen atoms in total. The lowest BCUT2D eigenvalue weighted by Gasteiger charge is -2.29. The zero-order valence-corrected chi connectivity index (χ0v) is 25.2. The van der Waals surface area contributed by atoms with Crippen LogP contribution in [0.5, 0.6) is 0 Å². The number of carbonyl (C=O) groups excluding carboxylic acids is 3. The first kappa shape index (κ1) is 31.4. The third-order valence-corrected chi connectivity index (χ3v) is 8.34. The Morgan fingerprint density at radius 2 is 1.47 bits per heavy atom. The molecule has 0 spiro atoms. The van der Waals surface area contributed by atoms with Crippen LogP contribution in [0.3, 0.4) is 0 Å². The molecule has 47 heavy (non-hydrogen) atoms. The molecule has 4 aromatic carbocycles. The summed E-state index contributed by atoms with van der Waals surface area (Å²) >= 11 is 0. The van der Waals surface area contributed by atoms with Gasteiger partial charge in [-0.1, -0.05) is 91.0 Å². The summed E-state index contributed by atoms with van der Waals surface area (Å²) in [5.74, 6) is -1.83. The zero-order valence-electron chi connectivity index (χ0n) is 25.2. The molecule has 9 heteroatoms. The molecule has 1 N–H and O–H groups in total. The van der Waals surface area contributed by atoms with E-state index in [1.165, 1.54) is 0 Å². The van der Waals surface area contributed by atoms with E-state index in [0.29, 0.717) is 51.9 Å². The van der Waals surface area contributed by atoms with Gasteiger partial charge in [0.1, 0.15) is 12.8 Å². The number of nitrogens with one attached hydrogen (secondary N) is 1. The summed E-state index contributed by atoms with van der Waals surface area (Å²) in [4.78, 5) is 42.8. The second-order valence-corrected chi connectivity index (χ2v) is 11.2. The van der Waals surface area contributed by atoms with Gasteiger partial charge in [-0.15, -0.1) is 0 Å². The first-order valence-electron chi connectivity index (χ1n) is 15.2. The van der Waals surface area contributed by atoms with Gasteiger partial charge in [-0.2, -0.15) is 13.2 Å². The number of fused-ring (bicyclic) bond motifs is 3. The molecule has 0 radical (unpaired) electrons. The third-order valence-electron chi connectivity index (χ3n) is 8.34. The van der Waals surface area contributed by atoms with Crippen molar-refractivity contribution in [2.45, 2.75) is 24.9 Å². The number of benzene rings is 4. The van der Waals surface area contributed by atoms with Crippen LogP contribution >= 0.6 is 0 Å². The molecule has 0 aliphatic heterocycles. The van der Waals surface area contributed by atoms with E-state index in [1.807, 2.05) is 78.9 Å². The van der Waals surface area contributed by atoms with Crippen molar-refractivity contribution in [1.82, 2.24) is 9.88 Å². The van der Waals surface area contributed by atoms with Crippen LogP contribution in [0.4, 0.5) is 18.9 Å². The van der Waals surface area contributed by atoms with Crippen molar-refractivity contribution in [3.8, 4) is 44.6 Å². The van der Waals surface area contributed by atoms with E-state index in [9.17, 15) is 27.6 Å². The number of rotatable bonds is 11. The van der Waals surface area contributed by atoms with Gasteiger partial charge < -0.3 is 15.0 Å². The molecule has 1 atom stereocenters. The Balaban J connectivity index is 1.66. The summed E-state index contributed by atoms with van der Waals surface area (Å²) in [6.07, 6.45) is -1.78. The van der Waals surface area contributed by atoms with E-state index >= 15 is 0 Å². The minimum Gasteiger partial charge on any atom is -0.333 e. The highest BCUT2D eigenvalue weighted by molar-refractivity contribution is 6.05. The lowest BCUT2D eigenvalue weighted by Crippen LogP contribution is -2.42. The smallest absolute Gasteiger partial charge is 0.333 e. The molecular formula is C38H30F3N3O3. The molecule has 0 bridgehead atoms. The van der Waals surface area contributed by atoms with Crippen LogP contribution < -0.4 is 5.32 Å². The molecule has 1 aromatic heterocycles.